The van der Waals surface area contributed by atoms with Gasteiger partial charge in [-0.1, -0.05) is 20.8 Å². The highest BCUT2D eigenvalue weighted by atomic mass is 32.2. The molecule has 1 aromatic carbocycles. The normalized spacial score (nSPS) is 25.8. The zero-order chi connectivity index (χ0) is 22.3. The molecule has 3 heterocycles. The molecule has 9 heteroatoms. The Morgan fingerprint density at radius 1 is 1.10 bits per heavy atom. The van der Waals surface area contributed by atoms with Gasteiger partial charge in [-0.3, -0.25) is 9.36 Å². The van der Waals surface area contributed by atoms with Gasteiger partial charge in [0, 0.05) is 32.2 Å². The molecular formula is C22H31N3O5S. The highest BCUT2D eigenvalue weighted by molar-refractivity contribution is 7.89. The van der Waals surface area contributed by atoms with Crippen LogP contribution in [0, 0.1) is 17.8 Å². The lowest BCUT2D eigenvalue weighted by Crippen LogP contribution is -2.42. The average Bonchev–Trinajstić information content (AvgIpc) is 3.01. The fraction of sp³-hybridized carbons (Fsp3) is 0.636. The number of hydrogen-bond donors (Lipinski definition) is 0. The van der Waals surface area contributed by atoms with Crippen LogP contribution >= 0.6 is 0 Å². The number of fused-ring (bicyclic) bond motifs is 1. The fourth-order valence-corrected chi connectivity index (χ4v) is 6.65. The number of amides is 1. The van der Waals surface area contributed by atoms with E-state index in [-0.39, 0.29) is 22.9 Å². The van der Waals surface area contributed by atoms with Gasteiger partial charge in [-0.2, -0.15) is 4.31 Å². The summed E-state index contributed by atoms with van der Waals surface area (Å²) in [7, 11) is -3.68. The van der Waals surface area contributed by atoms with Gasteiger partial charge in [-0.05, 0) is 49.1 Å². The zero-order valence-corrected chi connectivity index (χ0v) is 19.2. The van der Waals surface area contributed by atoms with Crippen molar-refractivity contribution in [3.8, 4) is 0 Å². The van der Waals surface area contributed by atoms with Crippen LogP contribution in [-0.2, 0) is 21.4 Å². The Balaban J connectivity index is 1.60. The Labute approximate surface area is 182 Å². The van der Waals surface area contributed by atoms with Crippen LogP contribution < -0.4 is 5.76 Å². The number of piperidine rings is 2. The maximum Gasteiger partial charge on any atom is 0.420 e. The minimum Gasteiger partial charge on any atom is -0.408 e. The SMILES string of the molecule is C[C@H]1CCCN(C(=O)Cn2c(=O)oc3cc(S(=O)(=O)N4C[C@@H](C)C[C@H](C)C4)ccc32)C1. The highest BCUT2D eigenvalue weighted by Crippen LogP contribution is 2.28. The van der Waals surface area contributed by atoms with E-state index in [2.05, 4.69) is 20.8 Å². The molecule has 0 aliphatic carbocycles. The average molecular weight is 450 g/mol. The van der Waals surface area contributed by atoms with Crippen LogP contribution in [0.2, 0.25) is 0 Å². The second-order valence-electron chi connectivity index (χ2n) is 9.44. The van der Waals surface area contributed by atoms with Crippen molar-refractivity contribution in [1.29, 1.82) is 0 Å². The van der Waals surface area contributed by atoms with Crippen molar-refractivity contribution in [2.45, 2.75) is 51.5 Å². The van der Waals surface area contributed by atoms with E-state index >= 15 is 0 Å². The van der Waals surface area contributed by atoms with E-state index in [1.807, 2.05) is 0 Å². The Morgan fingerprint density at radius 2 is 1.81 bits per heavy atom. The predicted molar refractivity (Wildman–Crippen MR) is 117 cm³/mol. The number of hydrogen-bond acceptors (Lipinski definition) is 5. The molecule has 2 saturated heterocycles. The lowest BCUT2D eigenvalue weighted by molar-refractivity contribution is -0.133. The largest absolute Gasteiger partial charge is 0.420 e. The van der Waals surface area contributed by atoms with E-state index in [1.165, 1.54) is 21.0 Å². The number of likely N-dealkylation sites (tertiary alicyclic amines) is 1. The van der Waals surface area contributed by atoms with Gasteiger partial charge < -0.3 is 9.32 Å². The Morgan fingerprint density at radius 3 is 2.48 bits per heavy atom. The summed E-state index contributed by atoms with van der Waals surface area (Å²) in [6.45, 7) is 8.48. The summed E-state index contributed by atoms with van der Waals surface area (Å²) in [6.07, 6.45) is 3.07. The number of aromatic nitrogens is 1. The standard InChI is InChI=1S/C22H31N3O5S/c1-15-5-4-8-23(11-15)21(26)14-25-19-7-6-18(10-20(19)30-22(25)27)31(28,29)24-12-16(2)9-17(3)13-24/h6-7,10,15-17H,4-5,8-9,11-14H2,1-3H3/t15-,16-,17-/m0/s1. The summed E-state index contributed by atoms with van der Waals surface area (Å²) in [5.41, 5.74) is 0.617. The molecule has 1 aromatic heterocycles. The molecular weight excluding hydrogens is 418 g/mol. The van der Waals surface area contributed by atoms with Crippen LogP contribution in [-0.4, -0.2) is 54.3 Å². The maximum absolute atomic E-state index is 13.2. The molecule has 4 rings (SSSR count). The van der Waals surface area contributed by atoms with Crippen LogP contribution in [0.3, 0.4) is 0 Å². The molecule has 8 nitrogen and oxygen atoms in total. The number of carbonyl (C=O) groups is 1. The fourth-order valence-electron chi connectivity index (χ4n) is 4.96. The van der Waals surface area contributed by atoms with Gasteiger partial charge in [0.1, 0.15) is 6.54 Å². The van der Waals surface area contributed by atoms with E-state index in [0.717, 1.165) is 19.3 Å². The van der Waals surface area contributed by atoms with Crippen molar-refractivity contribution in [3.05, 3.63) is 28.7 Å². The number of oxazole rings is 1. The molecule has 0 spiro atoms. The molecule has 2 aromatic rings. The number of rotatable bonds is 4. The Hall–Kier alpha value is -2.13. The number of nitrogens with zero attached hydrogens (tertiary/aromatic N) is 3. The van der Waals surface area contributed by atoms with Crippen LogP contribution in [0.1, 0.15) is 40.0 Å². The van der Waals surface area contributed by atoms with Gasteiger partial charge in [0.25, 0.3) is 0 Å². The van der Waals surface area contributed by atoms with Crippen LogP contribution in [0.5, 0.6) is 0 Å². The third kappa shape index (κ3) is 4.43. The van der Waals surface area contributed by atoms with E-state index < -0.39 is 15.8 Å². The molecule has 0 N–H and O–H groups in total. The second kappa shape index (κ2) is 8.43. The first kappa shape index (κ1) is 22.1. The first-order valence-electron chi connectivity index (χ1n) is 11.1. The molecule has 2 aliphatic rings. The predicted octanol–water partition coefficient (Wildman–Crippen LogP) is 2.52. The van der Waals surface area contributed by atoms with Crippen molar-refractivity contribution in [3.63, 3.8) is 0 Å². The van der Waals surface area contributed by atoms with Crippen molar-refractivity contribution in [1.82, 2.24) is 13.8 Å². The van der Waals surface area contributed by atoms with Crippen LogP contribution in [0.25, 0.3) is 11.1 Å². The summed E-state index contributed by atoms with van der Waals surface area (Å²) in [6, 6.07) is 4.47. The topological polar surface area (TPSA) is 92.8 Å². The second-order valence-corrected chi connectivity index (χ2v) is 11.4. The van der Waals surface area contributed by atoms with Gasteiger partial charge in [-0.25, -0.2) is 13.2 Å². The maximum atomic E-state index is 13.2. The third-order valence-electron chi connectivity index (χ3n) is 6.42. The molecule has 2 fully saturated rings. The molecule has 0 saturated carbocycles. The number of carbonyl (C=O) groups excluding carboxylic acids is 1. The smallest absolute Gasteiger partial charge is 0.408 e. The van der Waals surface area contributed by atoms with Crippen molar-refractivity contribution in [2.75, 3.05) is 26.2 Å². The number of sulfonamides is 1. The molecule has 3 atom stereocenters. The first-order chi connectivity index (χ1) is 14.6. The van der Waals surface area contributed by atoms with E-state index in [4.69, 9.17) is 4.42 Å². The van der Waals surface area contributed by atoms with Gasteiger partial charge in [0.15, 0.2) is 5.58 Å². The molecule has 1 amide bonds. The number of benzene rings is 1. The van der Waals surface area contributed by atoms with Gasteiger partial charge in [-0.15, -0.1) is 0 Å². The minimum absolute atomic E-state index is 0.105. The van der Waals surface area contributed by atoms with Gasteiger partial charge in [0.2, 0.25) is 15.9 Å². The van der Waals surface area contributed by atoms with Crippen LogP contribution in [0.4, 0.5) is 0 Å². The van der Waals surface area contributed by atoms with E-state index in [0.29, 0.717) is 49.4 Å². The molecule has 0 radical (unpaired) electrons. The van der Waals surface area contributed by atoms with Gasteiger partial charge in [0.05, 0.1) is 10.4 Å². The third-order valence-corrected chi connectivity index (χ3v) is 8.24. The molecule has 170 valence electrons. The van der Waals surface area contributed by atoms with Crippen molar-refractivity contribution >= 4 is 27.0 Å². The summed E-state index contributed by atoms with van der Waals surface area (Å²) in [4.78, 5) is 27.1. The minimum atomic E-state index is -3.68. The zero-order valence-electron chi connectivity index (χ0n) is 18.4. The molecule has 0 unspecified atom stereocenters. The lowest BCUT2D eigenvalue weighted by atomic mass is 9.94. The van der Waals surface area contributed by atoms with Crippen molar-refractivity contribution < 1.29 is 17.6 Å². The van der Waals surface area contributed by atoms with Crippen molar-refractivity contribution in [2.24, 2.45) is 17.8 Å². The first-order valence-corrected chi connectivity index (χ1v) is 12.5. The molecule has 2 aliphatic heterocycles. The molecule has 31 heavy (non-hydrogen) atoms. The van der Waals surface area contributed by atoms with E-state index in [1.54, 1.807) is 11.0 Å². The highest BCUT2D eigenvalue weighted by Gasteiger charge is 2.32. The summed E-state index contributed by atoms with van der Waals surface area (Å²) < 4.78 is 34.5. The Kier molecular flexibility index (Phi) is 6.00. The van der Waals surface area contributed by atoms with Crippen LogP contribution in [0.15, 0.2) is 32.3 Å². The summed E-state index contributed by atoms with van der Waals surface area (Å²) in [5.74, 6) is 0.269. The summed E-state index contributed by atoms with van der Waals surface area (Å²) in [5, 5.41) is 0. The summed E-state index contributed by atoms with van der Waals surface area (Å²) >= 11 is 0. The Bertz CT molecular complexity index is 1130. The molecule has 0 bridgehead atoms. The quantitative estimate of drug-likeness (QED) is 0.715. The van der Waals surface area contributed by atoms with Gasteiger partial charge >= 0.3 is 5.76 Å². The monoisotopic (exact) mass is 449 g/mol. The lowest BCUT2D eigenvalue weighted by Gasteiger charge is -2.34. The van der Waals surface area contributed by atoms with E-state index in [9.17, 15) is 18.0 Å².